The van der Waals surface area contributed by atoms with Crippen molar-refractivity contribution < 1.29 is 9.53 Å². The monoisotopic (exact) mass is 365 g/mol. The van der Waals surface area contributed by atoms with Crippen LogP contribution in [0.4, 0.5) is 0 Å². The fourth-order valence-corrected chi connectivity index (χ4v) is 3.26. The number of hydrogen-bond donors (Lipinski definition) is 1. The molecule has 1 aromatic heterocycles. The van der Waals surface area contributed by atoms with Crippen LogP contribution in [0.15, 0.2) is 54.7 Å². The summed E-state index contributed by atoms with van der Waals surface area (Å²) in [4.78, 5) is 15.2. The van der Waals surface area contributed by atoms with Crippen LogP contribution >= 0.6 is 0 Å². The minimum atomic E-state index is -0.591. The fraction of sp³-hybridized carbons (Fsp3) is 0.318. The van der Waals surface area contributed by atoms with Crippen molar-refractivity contribution in [2.75, 3.05) is 27.7 Å². The van der Waals surface area contributed by atoms with Gasteiger partial charge in [-0.1, -0.05) is 30.3 Å². The summed E-state index contributed by atoms with van der Waals surface area (Å²) in [5.74, 6) is 0.692. The number of fused-ring (bicyclic) bond motifs is 1. The molecule has 27 heavy (non-hydrogen) atoms. The normalized spacial score (nSPS) is 12.5. The van der Waals surface area contributed by atoms with Crippen LogP contribution in [0.2, 0.25) is 0 Å². The lowest BCUT2D eigenvalue weighted by molar-refractivity contribution is 0.0884. The smallest absolute Gasteiger partial charge is 0.248 e. The average molecular weight is 365 g/mol. The molecule has 0 aliphatic heterocycles. The van der Waals surface area contributed by atoms with Gasteiger partial charge in [0.1, 0.15) is 5.75 Å². The first-order chi connectivity index (χ1) is 13.0. The molecule has 0 radical (unpaired) electrons. The number of rotatable bonds is 7. The lowest BCUT2D eigenvalue weighted by Gasteiger charge is -2.12. The zero-order chi connectivity index (χ0) is 19.4. The molecule has 2 N–H and O–H groups in total. The summed E-state index contributed by atoms with van der Waals surface area (Å²) in [5, 5.41) is 1.04. The predicted octanol–water partition coefficient (Wildman–Crippen LogP) is 2.96. The molecular formula is C22H27N3O2. The van der Waals surface area contributed by atoms with E-state index >= 15 is 0 Å². The zero-order valence-electron chi connectivity index (χ0n) is 16.2. The Hall–Kier alpha value is -2.63. The molecule has 0 aliphatic carbocycles. The molecule has 2 aromatic carbocycles. The largest absolute Gasteiger partial charge is 0.497 e. The van der Waals surface area contributed by atoms with Crippen molar-refractivity contribution in [2.24, 2.45) is 5.73 Å². The Balaban J connectivity index is 1.93. The third-order valence-corrected chi connectivity index (χ3v) is 4.78. The van der Waals surface area contributed by atoms with E-state index in [1.165, 1.54) is 0 Å². The summed E-state index contributed by atoms with van der Waals surface area (Å²) in [6.07, 6.45) is 3.30. The first-order valence-electron chi connectivity index (χ1n) is 9.16. The predicted molar refractivity (Wildman–Crippen MR) is 109 cm³/mol. The topological polar surface area (TPSA) is 60.5 Å². The highest BCUT2D eigenvalue weighted by Crippen LogP contribution is 2.27. The minimum Gasteiger partial charge on any atom is -0.497 e. The molecule has 1 heterocycles. The first kappa shape index (κ1) is 19.1. The van der Waals surface area contributed by atoms with E-state index in [9.17, 15) is 4.79 Å². The molecule has 3 rings (SSSR count). The Bertz CT molecular complexity index is 916. The maximum absolute atomic E-state index is 13.1. The van der Waals surface area contributed by atoms with Gasteiger partial charge < -0.3 is 15.4 Å². The van der Waals surface area contributed by atoms with Crippen molar-refractivity contribution in [2.45, 2.75) is 18.9 Å². The van der Waals surface area contributed by atoms with Gasteiger partial charge in [0.2, 0.25) is 5.91 Å². The molecule has 0 saturated carbocycles. The van der Waals surface area contributed by atoms with Gasteiger partial charge in [0.05, 0.1) is 18.7 Å². The molecule has 5 heteroatoms. The number of nitrogens with zero attached hydrogens (tertiary/aromatic N) is 2. The molecule has 0 saturated heterocycles. The third kappa shape index (κ3) is 4.38. The SMILES string of the molecule is COc1ccc2c(c1)c(CCN(C)C)cn2C(=O)C(N)Cc1ccccc1. The summed E-state index contributed by atoms with van der Waals surface area (Å²) < 4.78 is 7.07. The van der Waals surface area contributed by atoms with Crippen LogP contribution < -0.4 is 10.5 Å². The molecule has 0 bridgehead atoms. The molecule has 1 atom stereocenters. The second-order valence-electron chi connectivity index (χ2n) is 7.10. The standard InChI is InChI=1S/C22H27N3O2/c1-24(2)12-11-17-15-25(21-10-9-18(27-3)14-19(17)21)22(26)20(23)13-16-7-5-4-6-8-16/h4-10,14-15,20H,11-13,23H2,1-3H3. The van der Waals surface area contributed by atoms with E-state index in [4.69, 9.17) is 10.5 Å². The number of ether oxygens (including phenoxy) is 1. The molecule has 1 unspecified atom stereocenters. The highest BCUT2D eigenvalue weighted by atomic mass is 16.5. The molecule has 0 fully saturated rings. The molecule has 0 spiro atoms. The van der Waals surface area contributed by atoms with Crippen LogP contribution in [0.1, 0.15) is 15.9 Å². The van der Waals surface area contributed by atoms with Crippen molar-refractivity contribution in [1.82, 2.24) is 9.47 Å². The van der Waals surface area contributed by atoms with Crippen molar-refractivity contribution in [3.05, 3.63) is 65.9 Å². The van der Waals surface area contributed by atoms with E-state index in [2.05, 4.69) is 4.90 Å². The van der Waals surface area contributed by atoms with Crippen LogP contribution in [-0.4, -0.2) is 49.2 Å². The number of carbonyl (C=O) groups excluding carboxylic acids is 1. The van der Waals surface area contributed by atoms with Crippen LogP contribution in [0.25, 0.3) is 10.9 Å². The van der Waals surface area contributed by atoms with Crippen molar-refractivity contribution in [3.8, 4) is 5.75 Å². The van der Waals surface area contributed by atoms with Gasteiger partial charge in [0, 0.05) is 18.1 Å². The van der Waals surface area contributed by atoms with Gasteiger partial charge in [0.15, 0.2) is 0 Å². The van der Waals surface area contributed by atoms with Gasteiger partial charge in [-0.2, -0.15) is 0 Å². The molecular weight excluding hydrogens is 338 g/mol. The lowest BCUT2D eigenvalue weighted by Crippen LogP contribution is -2.36. The minimum absolute atomic E-state index is 0.0925. The molecule has 142 valence electrons. The number of aromatic nitrogens is 1. The Kier molecular flexibility index (Phi) is 5.94. The first-order valence-corrected chi connectivity index (χ1v) is 9.16. The highest BCUT2D eigenvalue weighted by molar-refractivity contribution is 5.97. The fourth-order valence-electron chi connectivity index (χ4n) is 3.26. The van der Waals surface area contributed by atoms with Crippen molar-refractivity contribution in [3.63, 3.8) is 0 Å². The maximum Gasteiger partial charge on any atom is 0.248 e. The number of methoxy groups -OCH3 is 1. The van der Waals surface area contributed by atoms with Gasteiger partial charge in [-0.3, -0.25) is 9.36 Å². The molecule has 0 aliphatic rings. The maximum atomic E-state index is 13.1. The average Bonchev–Trinajstić information content (AvgIpc) is 3.04. The van der Waals surface area contributed by atoms with Crippen LogP contribution in [0.3, 0.4) is 0 Å². The number of benzene rings is 2. The summed E-state index contributed by atoms with van der Waals surface area (Å²) in [6, 6.07) is 15.1. The highest BCUT2D eigenvalue weighted by Gasteiger charge is 2.20. The van der Waals surface area contributed by atoms with E-state index in [0.29, 0.717) is 6.42 Å². The van der Waals surface area contributed by atoms with E-state index in [1.807, 2.05) is 68.8 Å². The van der Waals surface area contributed by atoms with Gasteiger partial charge in [-0.15, -0.1) is 0 Å². The quantitative estimate of drug-likeness (QED) is 0.699. The zero-order valence-corrected chi connectivity index (χ0v) is 16.2. The molecule has 5 nitrogen and oxygen atoms in total. The Morgan fingerprint density at radius 3 is 2.59 bits per heavy atom. The summed E-state index contributed by atoms with van der Waals surface area (Å²) in [6.45, 7) is 0.903. The Labute approximate surface area is 160 Å². The summed E-state index contributed by atoms with van der Waals surface area (Å²) in [5.41, 5.74) is 9.31. The van der Waals surface area contributed by atoms with Crippen LogP contribution in [0, 0.1) is 0 Å². The van der Waals surface area contributed by atoms with Crippen molar-refractivity contribution >= 4 is 16.8 Å². The van der Waals surface area contributed by atoms with E-state index in [1.54, 1.807) is 11.7 Å². The number of nitrogens with two attached hydrogens (primary N) is 1. The Morgan fingerprint density at radius 2 is 1.93 bits per heavy atom. The second kappa shape index (κ2) is 8.37. The van der Waals surface area contributed by atoms with Crippen LogP contribution in [-0.2, 0) is 12.8 Å². The third-order valence-electron chi connectivity index (χ3n) is 4.78. The summed E-state index contributed by atoms with van der Waals surface area (Å²) in [7, 11) is 5.74. The van der Waals surface area contributed by atoms with Gasteiger partial charge in [-0.05, 0) is 56.3 Å². The van der Waals surface area contributed by atoms with Gasteiger partial charge in [-0.25, -0.2) is 0 Å². The number of hydrogen-bond acceptors (Lipinski definition) is 4. The van der Waals surface area contributed by atoms with E-state index < -0.39 is 6.04 Å². The van der Waals surface area contributed by atoms with Crippen molar-refractivity contribution in [1.29, 1.82) is 0 Å². The number of carbonyl (C=O) groups is 1. The van der Waals surface area contributed by atoms with E-state index in [0.717, 1.165) is 40.7 Å². The lowest BCUT2D eigenvalue weighted by atomic mass is 10.1. The van der Waals surface area contributed by atoms with Gasteiger partial charge >= 0.3 is 0 Å². The van der Waals surface area contributed by atoms with Gasteiger partial charge in [0.25, 0.3) is 0 Å². The van der Waals surface area contributed by atoms with Crippen LogP contribution in [0.5, 0.6) is 5.75 Å². The Morgan fingerprint density at radius 1 is 1.19 bits per heavy atom. The van der Waals surface area contributed by atoms with E-state index in [-0.39, 0.29) is 5.91 Å². The summed E-state index contributed by atoms with van der Waals surface area (Å²) >= 11 is 0. The molecule has 3 aromatic rings. The molecule has 0 amide bonds. The number of likely N-dealkylation sites (N-methyl/N-ethyl adjacent to an activating group) is 1. The second-order valence-corrected chi connectivity index (χ2v) is 7.10.